The summed E-state index contributed by atoms with van der Waals surface area (Å²) in [6.45, 7) is 3.92. The highest BCUT2D eigenvalue weighted by molar-refractivity contribution is 5.47. The third kappa shape index (κ3) is 3.23. The maximum Gasteiger partial charge on any atom is 0.573 e. The fraction of sp³-hybridized carbons (Fsp3) is 0.308. The van der Waals surface area contributed by atoms with Crippen LogP contribution in [0.25, 0.3) is 0 Å². The number of aromatic nitrogens is 2. The average molecular weight is 285 g/mol. The van der Waals surface area contributed by atoms with Crippen LogP contribution in [-0.4, -0.2) is 16.1 Å². The largest absolute Gasteiger partial charge is 0.573 e. The summed E-state index contributed by atoms with van der Waals surface area (Å²) in [6, 6.07) is 5.80. The summed E-state index contributed by atoms with van der Waals surface area (Å²) in [4.78, 5) is 0. The number of benzene rings is 1. The van der Waals surface area contributed by atoms with Crippen LogP contribution in [0.1, 0.15) is 17.0 Å². The van der Waals surface area contributed by atoms with E-state index in [4.69, 9.17) is 5.73 Å². The fourth-order valence-corrected chi connectivity index (χ4v) is 1.88. The quantitative estimate of drug-likeness (QED) is 0.943. The maximum absolute atomic E-state index is 12.2. The van der Waals surface area contributed by atoms with Crippen LogP contribution in [-0.2, 0) is 6.54 Å². The second-order valence-electron chi connectivity index (χ2n) is 4.44. The predicted molar refractivity (Wildman–Crippen MR) is 68.3 cm³/mol. The van der Waals surface area contributed by atoms with Crippen LogP contribution < -0.4 is 10.5 Å². The lowest BCUT2D eigenvalue weighted by molar-refractivity contribution is -0.274. The molecule has 2 rings (SSSR count). The van der Waals surface area contributed by atoms with Crippen molar-refractivity contribution in [3.63, 3.8) is 0 Å². The third-order valence-electron chi connectivity index (χ3n) is 2.90. The van der Waals surface area contributed by atoms with Gasteiger partial charge in [0.05, 0.1) is 23.6 Å². The van der Waals surface area contributed by atoms with Crippen LogP contribution in [0.4, 0.5) is 18.9 Å². The van der Waals surface area contributed by atoms with Crippen molar-refractivity contribution < 1.29 is 17.9 Å². The van der Waals surface area contributed by atoms with E-state index in [-0.39, 0.29) is 5.75 Å². The summed E-state index contributed by atoms with van der Waals surface area (Å²) in [7, 11) is 0. The monoisotopic (exact) mass is 285 g/mol. The molecule has 0 unspecified atom stereocenters. The average Bonchev–Trinajstić information content (AvgIpc) is 2.55. The number of ether oxygens (including phenoxy) is 1. The van der Waals surface area contributed by atoms with Gasteiger partial charge in [0, 0.05) is 0 Å². The van der Waals surface area contributed by atoms with Crippen molar-refractivity contribution in [3.05, 3.63) is 41.2 Å². The number of nitrogen functional groups attached to an aromatic ring is 1. The summed E-state index contributed by atoms with van der Waals surface area (Å²) in [5, 5.41) is 4.24. The van der Waals surface area contributed by atoms with Crippen LogP contribution in [0, 0.1) is 13.8 Å². The Morgan fingerprint density at radius 1 is 1.30 bits per heavy atom. The molecule has 4 nitrogen and oxygen atoms in total. The minimum Gasteiger partial charge on any atom is -0.406 e. The van der Waals surface area contributed by atoms with Gasteiger partial charge in [-0.1, -0.05) is 12.1 Å². The van der Waals surface area contributed by atoms with Crippen LogP contribution in [0.15, 0.2) is 24.3 Å². The van der Waals surface area contributed by atoms with E-state index in [2.05, 4.69) is 9.84 Å². The molecule has 0 aliphatic rings. The Morgan fingerprint density at radius 3 is 2.55 bits per heavy atom. The molecule has 0 amide bonds. The summed E-state index contributed by atoms with van der Waals surface area (Å²) in [5.74, 6) is -0.246. The number of anilines is 1. The van der Waals surface area contributed by atoms with E-state index >= 15 is 0 Å². The molecule has 0 atom stereocenters. The third-order valence-corrected chi connectivity index (χ3v) is 2.90. The summed E-state index contributed by atoms with van der Waals surface area (Å²) < 4.78 is 42.0. The van der Waals surface area contributed by atoms with Gasteiger partial charge in [-0.25, -0.2) is 0 Å². The molecule has 2 N–H and O–H groups in total. The Hall–Kier alpha value is -2.18. The van der Waals surface area contributed by atoms with Crippen molar-refractivity contribution >= 4 is 5.69 Å². The molecule has 0 fully saturated rings. The van der Waals surface area contributed by atoms with Crippen molar-refractivity contribution in [1.29, 1.82) is 0 Å². The first kappa shape index (κ1) is 14.2. The molecule has 1 aromatic carbocycles. The molecule has 0 radical (unpaired) electrons. The standard InChI is InChI=1S/C13H14F3N3O/c1-8-12(17)9(2)19(18-8)7-10-4-3-5-11(6-10)20-13(14,15)16/h3-6H,7,17H2,1-2H3. The zero-order valence-corrected chi connectivity index (χ0v) is 11.0. The molecule has 0 saturated carbocycles. The van der Waals surface area contributed by atoms with Crippen LogP contribution in [0.2, 0.25) is 0 Å². The zero-order chi connectivity index (χ0) is 14.9. The van der Waals surface area contributed by atoms with E-state index in [9.17, 15) is 13.2 Å². The number of halogens is 3. The molecular weight excluding hydrogens is 271 g/mol. The van der Waals surface area contributed by atoms with E-state index < -0.39 is 6.36 Å². The fourth-order valence-electron chi connectivity index (χ4n) is 1.88. The molecule has 108 valence electrons. The second kappa shape index (κ2) is 5.07. The summed E-state index contributed by atoms with van der Waals surface area (Å²) >= 11 is 0. The van der Waals surface area contributed by atoms with E-state index in [0.717, 1.165) is 5.69 Å². The Kier molecular flexibility index (Phi) is 3.61. The molecule has 1 heterocycles. The number of aryl methyl sites for hydroxylation is 1. The van der Waals surface area contributed by atoms with Crippen LogP contribution in [0.3, 0.4) is 0 Å². The van der Waals surface area contributed by atoms with E-state index in [1.807, 2.05) is 6.92 Å². The molecule has 0 aliphatic carbocycles. The first-order valence-electron chi connectivity index (χ1n) is 5.90. The minimum atomic E-state index is -4.69. The lowest BCUT2D eigenvalue weighted by Gasteiger charge is -2.10. The Morgan fingerprint density at radius 2 is 2.00 bits per heavy atom. The number of hydrogen-bond donors (Lipinski definition) is 1. The lowest BCUT2D eigenvalue weighted by Crippen LogP contribution is -2.17. The van der Waals surface area contributed by atoms with Gasteiger partial charge < -0.3 is 10.5 Å². The van der Waals surface area contributed by atoms with Gasteiger partial charge >= 0.3 is 6.36 Å². The maximum atomic E-state index is 12.2. The highest BCUT2D eigenvalue weighted by atomic mass is 19.4. The van der Waals surface area contributed by atoms with Gasteiger partial charge in [-0.05, 0) is 31.5 Å². The van der Waals surface area contributed by atoms with E-state index in [0.29, 0.717) is 23.5 Å². The normalized spacial score (nSPS) is 11.7. The van der Waals surface area contributed by atoms with Gasteiger partial charge in [-0.3, -0.25) is 4.68 Å². The van der Waals surface area contributed by atoms with Crippen molar-refractivity contribution in [2.45, 2.75) is 26.8 Å². The highest BCUT2D eigenvalue weighted by Crippen LogP contribution is 2.24. The molecule has 0 spiro atoms. The highest BCUT2D eigenvalue weighted by Gasteiger charge is 2.31. The Balaban J connectivity index is 2.21. The lowest BCUT2D eigenvalue weighted by atomic mass is 10.2. The summed E-state index contributed by atoms with van der Waals surface area (Å²) in [6.07, 6.45) is -4.69. The van der Waals surface area contributed by atoms with Gasteiger partial charge in [-0.15, -0.1) is 13.2 Å². The second-order valence-corrected chi connectivity index (χ2v) is 4.44. The SMILES string of the molecule is Cc1nn(Cc2cccc(OC(F)(F)F)c2)c(C)c1N. The van der Waals surface area contributed by atoms with Crippen LogP contribution in [0.5, 0.6) is 5.75 Å². The summed E-state index contributed by atoms with van der Waals surface area (Å²) in [5.41, 5.74) is 8.53. The minimum absolute atomic E-state index is 0.246. The Labute approximate surface area is 114 Å². The molecule has 7 heteroatoms. The first-order chi connectivity index (χ1) is 9.26. The number of hydrogen-bond acceptors (Lipinski definition) is 3. The van der Waals surface area contributed by atoms with Gasteiger partial charge in [-0.2, -0.15) is 5.10 Å². The molecule has 20 heavy (non-hydrogen) atoms. The van der Waals surface area contributed by atoms with E-state index in [1.54, 1.807) is 17.7 Å². The number of rotatable bonds is 3. The molecule has 2 aromatic rings. The number of alkyl halides is 3. The predicted octanol–water partition coefficient (Wildman–Crippen LogP) is 3.03. The first-order valence-corrected chi connectivity index (χ1v) is 5.90. The van der Waals surface area contributed by atoms with Gasteiger partial charge in [0.1, 0.15) is 5.75 Å². The van der Waals surface area contributed by atoms with Gasteiger partial charge in [0.15, 0.2) is 0 Å². The molecule has 0 saturated heterocycles. The molecular formula is C13H14F3N3O. The van der Waals surface area contributed by atoms with Crippen molar-refractivity contribution in [3.8, 4) is 5.75 Å². The Bertz CT molecular complexity index is 620. The van der Waals surface area contributed by atoms with E-state index in [1.165, 1.54) is 18.2 Å². The topological polar surface area (TPSA) is 53.1 Å². The van der Waals surface area contributed by atoms with Gasteiger partial charge in [0.25, 0.3) is 0 Å². The number of nitrogens with zero attached hydrogens (tertiary/aromatic N) is 2. The van der Waals surface area contributed by atoms with Gasteiger partial charge in [0.2, 0.25) is 0 Å². The molecule has 1 aromatic heterocycles. The smallest absolute Gasteiger partial charge is 0.406 e. The van der Waals surface area contributed by atoms with Crippen molar-refractivity contribution in [1.82, 2.24) is 9.78 Å². The number of nitrogens with two attached hydrogens (primary N) is 1. The molecule has 0 bridgehead atoms. The zero-order valence-electron chi connectivity index (χ0n) is 11.0. The van der Waals surface area contributed by atoms with Crippen molar-refractivity contribution in [2.75, 3.05) is 5.73 Å². The van der Waals surface area contributed by atoms with Crippen LogP contribution >= 0.6 is 0 Å². The molecule has 0 aliphatic heterocycles. The van der Waals surface area contributed by atoms with Crippen molar-refractivity contribution in [2.24, 2.45) is 0 Å².